The van der Waals surface area contributed by atoms with Crippen LogP contribution in [0.3, 0.4) is 0 Å². The van der Waals surface area contributed by atoms with E-state index in [1.165, 1.54) is 12.1 Å². The van der Waals surface area contributed by atoms with Crippen molar-refractivity contribution in [2.75, 3.05) is 0 Å². The maximum absolute atomic E-state index is 13.2. The molecule has 0 spiro atoms. The Kier molecular flexibility index (Phi) is 3.87. The zero-order valence-corrected chi connectivity index (χ0v) is 14.4. The summed E-state index contributed by atoms with van der Waals surface area (Å²) in [4.78, 5) is 24.0. The van der Waals surface area contributed by atoms with Crippen molar-refractivity contribution in [3.05, 3.63) is 59.1 Å². The fraction of sp³-hybridized carbons (Fsp3) is 0.222. The van der Waals surface area contributed by atoms with Crippen LogP contribution in [0, 0.1) is 19.7 Å². The number of nitrogens with one attached hydrogen (secondary N) is 2. The molecule has 3 aromatic heterocycles. The maximum Gasteiger partial charge on any atom is 0.252 e. The molecule has 0 atom stereocenters. The van der Waals surface area contributed by atoms with E-state index in [0.29, 0.717) is 18.1 Å². The molecular formula is C18H17FN6O. The molecule has 4 aromatic rings. The van der Waals surface area contributed by atoms with Gasteiger partial charge in [0.2, 0.25) is 5.91 Å². The van der Waals surface area contributed by atoms with E-state index >= 15 is 0 Å². The molecule has 1 aromatic carbocycles. The van der Waals surface area contributed by atoms with Crippen molar-refractivity contribution in [3.8, 4) is 0 Å². The molecule has 0 saturated carbocycles. The summed E-state index contributed by atoms with van der Waals surface area (Å²) < 4.78 is 14.9. The molecule has 0 saturated heterocycles. The van der Waals surface area contributed by atoms with Gasteiger partial charge >= 0.3 is 0 Å². The smallest absolute Gasteiger partial charge is 0.252 e. The Labute approximate surface area is 148 Å². The number of benzene rings is 1. The van der Waals surface area contributed by atoms with E-state index in [4.69, 9.17) is 0 Å². The number of H-pyrrole nitrogens is 1. The Bertz CT molecular complexity index is 1130. The lowest BCUT2D eigenvalue weighted by atomic mass is 10.2. The molecule has 1 amide bonds. The second-order valence-electron chi connectivity index (χ2n) is 6.26. The summed E-state index contributed by atoms with van der Waals surface area (Å²) in [5.74, 6) is 0.426. The molecule has 7 nitrogen and oxygen atoms in total. The van der Waals surface area contributed by atoms with Crippen LogP contribution >= 0.6 is 0 Å². The number of fused-ring (bicyclic) bond motifs is 2. The molecule has 0 aliphatic rings. The van der Waals surface area contributed by atoms with Gasteiger partial charge in [0.15, 0.2) is 5.82 Å². The Morgan fingerprint density at radius 1 is 1.23 bits per heavy atom. The third-order valence-corrected chi connectivity index (χ3v) is 4.10. The maximum atomic E-state index is 13.2. The summed E-state index contributed by atoms with van der Waals surface area (Å²) in [5.41, 5.74) is 3.40. The van der Waals surface area contributed by atoms with Crippen LogP contribution in [0.1, 0.15) is 22.9 Å². The fourth-order valence-electron chi connectivity index (χ4n) is 2.94. The van der Waals surface area contributed by atoms with Gasteiger partial charge < -0.3 is 10.3 Å². The monoisotopic (exact) mass is 352 g/mol. The molecule has 0 bridgehead atoms. The number of nitrogens with zero attached hydrogens (tertiary/aromatic N) is 4. The predicted molar refractivity (Wildman–Crippen MR) is 94.1 cm³/mol. The van der Waals surface area contributed by atoms with Crippen LogP contribution in [0.25, 0.3) is 16.7 Å². The van der Waals surface area contributed by atoms with E-state index < -0.39 is 0 Å². The van der Waals surface area contributed by atoms with E-state index in [1.807, 2.05) is 26.0 Å². The Morgan fingerprint density at radius 3 is 2.92 bits per heavy atom. The molecule has 0 fully saturated rings. The quantitative estimate of drug-likeness (QED) is 0.589. The number of carbonyl (C=O) groups excluding carboxylic acids is 1. The molecule has 2 N–H and O–H groups in total. The van der Waals surface area contributed by atoms with Crippen LogP contribution in [0.15, 0.2) is 30.3 Å². The third kappa shape index (κ3) is 3.13. The van der Waals surface area contributed by atoms with Crippen molar-refractivity contribution >= 4 is 22.6 Å². The average molecular weight is 352 g/mol. The van der Waals surface area contributed by atoms with E-state index in [0.717, 1.165) is 28.0 Å². The van der Waals surface area contributed by atoms with Crippen molar-refractivity contribution in [1.82, 2.24) is 29.9 Å². The summed E-state index contributed by atoms with van der Waals surface area (Å²) in [7, 11) is 0. The largest absolute Gasteiger partial charge is 0.357 e. The van der Waals surface area contributed by atoms with E-state index in [-0.39, 0.29) is 18.1 Å². The van der Waals surface area contributed by atoms with Gasteiger partial charge in [-0.2, -0.15) is 4.98 Å². The van der Waals surface area contributed by atoms with Gasteiger partial charge in [-0.15, -0.1) is 5.10 Å². The number of hydrogen-bond donors (Lipinski definition) is 2. The zero-order valence-electron chi connectivity index (χ0n) is 14.4. The molecular weight excluding hydrogens is 335 g/mol. The number of carbonyl (C=O) groups is 1. The molecule has 0 aliphatic carbocycles. The van der Waals surface area contributed by atoms with Crippen LogP contribution in [0.2, 0.25) is 0 Å². The fourth-order valence-corrected chi connectivity index (χ4v) is 2.94. The van der Waals surface area contributed by atoms with Gasteiger partial charge in [0, 0.05) is 28.0 Å². The normalized spacial score (nSPS) is 11.3. The summed E-state index contributed by atoms with van der Waals surface area (Å²) in [6.07, 6.45) is 0.0662. The minimum Gasteiger partial charge on any atom is -0.357 e. The minimum atomic E-state index is -0.288. The molecule has 0 aliphatic heterocycles. The summed E-state index contributed by atoms with van der Waals surface area (Å²) in [6, 6.07) is 8.25. The van der Waals surface area contributed by atoms with Gasteiger partial charge in [-0.3, -0.25) is 4.79 Å². The van der Waals surface area contributed by atoms with Crippen molar-refractivity contribution in [2.45, 2.75) is 26.8 Å². The number of amides is 1. The lowest BCUT2D eigenvalue weighted by molar-refractivity contribution is -0.120. The van der Waals surface area contributed by atoms with Crippen molar-refractivity contribution in [3.63, 3.8) is 0 Å². The lowest BCUT2D eigenvalue weighted by Crippen LogP contribution is -2.25. The molecule has 132 valence electrons. The van der Waals surface area contributed by atoms with Gasteiger partial charge in [0.1, 0.15) is 5.82 Å². The highest BCUT2D eigenvalue weighted by Crippen LogP contribution is 2.16. The van der Waals surface area contributed by atoms with E-state index in [9.17, 15) is 9.18 Å². The third-order valence-electron chi connectivity index (χ3n) is 4.10. The molecule has 0 unspecified atom stereocenters. The van der Waals surface area contributed by atoms with Gasteiger partial charge in [0.25, 0.3) is 5.78 Å². The topological polar surface area (TPSA) is 88.0 Å². The second kappa shape index (κ2) is 6.21. The van der Waals surface area contributed by atoms with Gasteiger partial charge in [-0.25, -0.2) is 13.9 Å². The Balaban J connectivity index is 1.44. The average Bonchev–Trinajstić information content (AvgIpc) is 3.15. The van der Waals surface area contributed by atoms with Crippen LogP contribution in [-0.4, -0.2) is 30.5 Å². The summed E-state index contributed by atoms with van der Waals surface area (Å²) in [6.45, 7) is 4.12. The van der Waals surface area contributed by atoms with Gasteiger partial charge in [0.05, 0.1) is 13.0 Å². The number of hydrogen-bond acceptors (Lipinski definition) is 4. The predicted octanol–water partition coefficient (Wildman–Crippen LogP) is 2.22. The highest BCUT2D eigenvalue weighted by Gasteiger charge is 2.12. The number of halogens is 1. The van der Waals surface area contributed by atoms with Crippen LogP contribution < -0.4 is 5.32 Å². The lowest BCUT2D eigenvalue weighted by Gasteiger charge is -2.01. The minimum absolute atomic E-state index is 0.0662. The van der Waals surface area contributed by atoms with E-state index in [1.54, 1.807) is 10.6 Å². The van der Waals surface area contributed by atoms with Crippen LogP contribution in [0.4, 0.5) is 4.39 Å². The van der Waals surface area contributed by atoms with Crippen molar-refractivity contribution in [2.24, 2.45) is 0 Å². The summed E-state index contributed by atoms with van der Waals surface area (Å²) >= 11 is 0. The van der Waals surface area contributed by atoms with Crippen molar-refractivity contribution < 1.29 is 9.18 Å². The first-order chi connectivity index (χ1) is 12.5. The molecule has 8 heteroatoms. The first kappa shape index (κ1) is 16.2. The van der Waals surface area contributed by atoms with Crippen LogP contribution in [-0.2, 0) is 17.8 Å². The van der Waals surface area contributed by atoms with Gasteiger partial charge in [-0.05, 0) is 44.2 Å². The highest BCUT2D eigenvalue weighted by molar-refractivity contribution is 5.81. The number of aryl methyl sites for hydroxylation is 2. The van der Waals surface area contributed by atoms with Crippen molar-refractivity contribution in [1.29, 1.82) is 0 Å². The molecule has 26 heavy (non-hydrogen) atoms. The van der Waals surface area contributed by atoms with Gasteiger partial charge in [-0.1, -0.05) is 0 Å². The number of aromatic nitrogens is 5. The number of aromatic amines is 1. The first-order valence-corrected chi connectivity index (χ1v) is 8.22. The molecule has 0 radical (unpaired) electrons. The standard InChI is InChI=1S/C18H17FN6O/c1-10-5-11(2)25-18(21-10)23-16(24-25)8-17(26)20-9-14-7-12-6-13(19)3-4-15(12)22-14/h3-7,22H,8-9H2,1-2H3,(H,20,26). The Morgan fingerprint density at radius 2 is 2.08 bits per heavy atom. The van der Waals surface area contributed by atoms with E-state index in [2.05, 4.69) is 25.4 Å². The van der Waals surface area contributed by atoms with Crippen LogP contribution in [0.5, 0.6) is 0 Å². The SMILES string of the molecule is Cc1cc(C)n2nc(CC(=O)NCc3cc4cc(F)ccc4[nH]3)nc2n1. The Hall–Kier alpha value is -3.29. The highest BCUT2D eigenvalue weighted by atomic mass is 19.1. The summed E-state index contributed by atoms with van der Waals surface area (Å²) in [5, 5.41) is 7.92. The second-order valence-corrected chi connectivity index (χ2v) is 6.26. The first-order valence-electron chi connectivity index (χ1n) is 8.22. The molecule has 4 rings (SSSR count). The number of rotatable bonds is 4. The molecule has 3 heterocycles. The zero-order chi connectivity index (χ0) is 18.3.